The highest BCUT2D eigenvalue weighted by Gasteiger charge is 1.99. The van der Waals surface area contributed by atoms with E-state index in [9.17, 15) is 4.79 Å². The quantitative estimate of drug-likeness (QED) is 0.843. The fourth-order valence-electron chi connectivity index (χ4n) is 1.63. The number of carbonyl (C=O) groups excluding carboxylic acids is 1. The number of pyridine rings is 1. The molecule has 0 fully saturated rings. The second-order valence-corrected chi connectivity index (χ2v) is 5.40. The lowest BCUT2D eigenvalue weighted by molar-refractivity contribution is -0.109. The molecule has 0 atom stereocenters. The molecule has 92 valence electrons. The van der Waals surface area contributed by atoms with E-state index >= 15 is 0 Å². The van der Waals surface area contributed by atoms with E-state index in [-0.39, 0.29) is 5.12 Å². The zero-order valence-corrected chi connectivity index (χ0v) is 11.5. The van der Waals surface area contributed by atoms with Gasteiger partial charge < -0.3 is 0 Å². The van der Waals surface area contributed by atoms with Crippen LogP contribution in [-0.4, -0.2) is 15.9 Å². The SMILES string of the molecule is CC(=O)SCC=Cc1ccnc2cc(Cl)ccc12. The summed E-state index contributed by atoms with van der Waals surface area (Å²) >= 11 is 7.23. The number of carbonyl (C=O) groups is 1. The molecule has 0 radical (unpaired) electrons. The van der Waals surface area contributed by atoms with Crippen LogP contribution in [-0.2, 0) is 4.79 Å². The Hall–Kier alpha value is -1.32. The van der Waals surface area contributed by atoms with E-state index in [1.54, 1.807) is 13.1 Å². The van der Waals surface area contributed by atoms with E-state index in [1.165, 1.54) is 11.8 Å². The second kappa shape index (κ2) is 6.03. The predicted octanol–water partition coefficient (Wildman–Crippen LogP) is 4.18. The van der Waals surface area contributed by atoms with Crippen molar-refractivity contribution >= 4 is 45.5 Å². The average molecular weight is 278 g/mol. The maximum absolute atomic E-state index is 10.8. The lowest BCUT2D eigenvalue weighted by Crippen LogP contribution is -1.84. The molecule has 18 heavy (non-hydrogen) atoms. The van der Waals surface area contributed by atoms with Crippen molar-refractivity contribution in [1.82, 2.24) is 4.98 Å². The first-order chi connectivity index (χ1) is 8.66. The molecule has 0 N–H and O–H groups in total. The monoisotopic (exact) mass is 277 g/mol. The van der Waals surface area contributed by atoms with Crippen LogP contribution in [0.1, 0.15) is 12.5 Å². The fraction of sp³-hybridized carbons (Fsp3) is 0.143. The van der Waals surface area contributed by atoms with Gasteiger partial charge in [-0.1, -0.05) is 41.6 Å². The molecular weight excluding hydrogens is 266 g/mol. The van der Waals surface area contributed by atoms with Crippen LogP contribution in [0.25, 0.3) is 17.0 Å². The number of rotatable bonds is 3. The van der Waals surface area contributed by atoms with Gasteiger partial charge in [0.05, 0.1) is 5.52 Å². The van der Waals surface area contributed by atoms with Gasteiger partial charge in [-0.15, -0.1) is 0 Å². The number of halogens is 1. The van der Waals surface area contributed by atoms with Gasteiger partial charge in [-0.3, -0.25) is 9.78 Å². The summed E-state index contributed by atoms with van der Waals surface area (Å²) in [6.45, 7) is 1.57. The number of hydrogen-bond acceptors (Lipinski definition) is 3. The molecule has 4 heteroatoms. The van der Waals surface area contributed by atoms with E-state index in [2.05, 4.69) is 4.98 Å². The number of hydrogen-bond donors (Lipinski definition) is 0. The molecule has 1 aromatic carbocycles. The minimum atomic E-state index is 0.131. The van der Waals surface area contributed by atoms with E-state index in [0.29, 0.717) is 10.8 Å². The molecule has 2 nitrogen and oxygen atoms in total. The minimum Gasteiger partial charge on any atom is -0.288 e. The summed E-state index contributed by atoms with van der Waals surface area (Å²) in [5.74, 6) is 0.687. The lowest BCUT2D eigenvalue weighted by Gasteiger charge is -2.01. The molecule has 2 rings (SSSR count). The van der Waals surface area contributed by atoms with Crippen molar-refractivity contribution in [3.8, 4) is 0 Å². The molecule has 1 heterocycles. The summed E-state index contributed by atoms with van der Waals surface area (Å²) in [5.41, 5.74) is 1.96. The third-order valence-electron chi connectivity index (χ3n) is 2.42. The fourth-order valence-corrected chi connectivity index (χ4v) is 2.22. The van der Waals surface area contributed by atoms with Crippen molar-refractivity contribution in [2.75, 3.05) is 5.75 Å². The van der Waals surface area contributed by atoms with Gasteiger partial charge >= 0.3 is 0 Å². The Balaban J connectivity index is 2.25. The van der Waals surface area contributed by atoms with E-state index in [4.69, 9.17) is 11.6 Å². The maximum Gasteiger partial charge on any atom is 0.186 e. The molecule has 0 aliphatic rings. The van der Waals surface area contributed by atoms with Gasteiger partial charge in [-0.05, 0) is 23.8 Å². The zero-order chi connectivity index (χ0) is 13.0. The largest absolute Gasteiger partial charge is 0.288 e. The summed E-state index contributed by atoms with van der Waals surface area (Å²) in [5, 5.41) is 1.88. The summed E-state index contributed by atoms with van der Waals surface area (Å²) in [4.78, 5) is 15.1. The highest BCUT2D eigenvalue weighted by Crippen LogP contribution is 2.21. The van der Waals surface area contributed by atoms with Gasteiger partial charge in [0, 0.05) is 29.3 Å². The summed E-state index contributed by atoms with van der Waals surface area (Å²) in [6, 6.07) is 7.61. The molecule has 0 saturated heterocycles. The Morgan fingerprint density at radius 2 is 2.28 bits per heavy atom. The smallest absolute Gasteiger partial charge is 0.186 e. The first-order valence-electron chi connectivity index (χ1n) is 5.51. The number of fused-ring (bicyclic) bond motifs is 1. The van der Waals surface area contributed by atoms with Crippen LogP contribution in [0, 0.1) is 0 Å². The maximum atomic E-state index is 10.8. The van der Waals surface area contributed by atoms with Crippen molar-refractivity contribution in [3.63, 3.8) is 0 Å². The van der Waals surface area contributed by atoms with Crippen LogP contribution in [0.3, 0.4) is 0 Å². The van der Waals surface area contributed by atoms with Crippen LogP contribution in [0.2, 0.25) is 5.02 Å². The first kappa shape index (κ1) is 13.1. The summed E-state index contributed by atoms with van der Waals surface area (Å²) in [7, 11) is 0. The summed E-state index contributed by atoms with van der Waals surface area (Å²) in [6.07, 6.45) is 5.75. The third-order valence-corrected chi connectivity index (χ3v) is 3.42. The molecular formula is C14H12ClNOS. The van der Waals surface area contributed by atoms with E-state index < -0.39 is 0 Å². The van der Waals surface area contributed by atoms with Crippen molar-refractivity contribution in [1.29, 1.82) is 0 Å². The van der Waals surface area contributed by atoms with Crippen molar-refractivity contribution < 1.29 is 4.79 Å². The minimum absolute atomic E-state index is 0.131. The van der Waals surface area contributed by atoms with Crippen LogP contribution in [0.4, 0.5) is 0 Å². The Kier molecular flexibility index (Phi) is 4.39. The van der Waals surface area contributed by atoms with Crippen molar-refractivity contribution in [3.05, 3.63) is 47.1 Å². The number of aromatic nitrogens is 1. The van der Waals surface area contributed by atoms with Crippen LogP contribution in [0.15, 0.2) is 36.5 Å². The Morgan fingerprint density at radius 3 is 3.06 bits per heavy atom. The van der Waals surface area contributed by atoms with E-state index in [1.807, 2.05) is 36.4 Å². The van der Waals surface area contributed by atoms with Crippen molar-refractivity contribution in [2.45, 2.75) is 6.92 Å². The molecule has 0 bridgehead atoms. The van der Waals surface area contributed by atoms with Crippen molar-refractivity contribution in [2.24, 2.45) is 0 Å². The highest BCUT2D eigenvalue weighted by atomic mass is 35.5. The normalized spacial score (nSPS) is 11.2. The second-order valence-electron chi connectivity index (χ2n) is 3.77. The van der Waals surface area contributed by atoms with E-state index in [0.717, 1.165) is 16.5 Å². The van der Waals surface area contributed by atoms with Gasteiger partial charge in [-0.25, -0.2) is 0 Å². The van der Waals surface area contributed by atoms with Gasteiger partial charge in [0.15, 0.2) is 5.12 Å². The van der Waals surface area contributed by atoms with Crippen LogP contribution in [0.5, 0.6) is 0 Å². The average Bonchev–Trinajstić information content (AvgIpc) is 2.34. The molecule has 0 unspecified atom stereocenters. The highest BCUT2D eigenvalue weighted by molar-refractivity contribution is 8.13. The van der Waals surface area contributed by atoms with Crippen LogP contribution >= 0.6 is 23.4 Å². The number of nitrogens with zero attached hydrogens (tertiary/aromatic N) is 1. The molecule has 0 saturated carbocycles. The molecule has 0 aliphatic heterocycles. The Labute approximate surface area is 115 Å². The van der Waals surface area contributed by atoms with Gasteiger partial charge in [0.2, 0.25) is 0 Å². The van der Waals surface area contributed by atoms with Gasteiger partial charge in [-0.2, -0.15) is 0 Å². The molecule has 0 spiro atoms. The summed E-state index contributed by atoms with van der Waals surface area (Å²) < 4.78 is 0. The molecule has 0 amide bonds. The Bertz CT molecular complexity index is 610. The lowest BCUT2D eigenvalue weighted by atomic mass is 10.1. The Morgan fingerprint density at radius 1 is 1.44 bits per heavy atom. The van der Waals surface area contributed by atoms with Crippen LogP contribution < -0.4 is 0 Å². The molecule has 0 aliphatic carbocycles. The number of benzene rings is 1. The topological polar surface area (TPSA) is 30.0 Å². The van der Waals surface area contributed by atoms with Gasteiger partial charge in [0.25, 0.3) is 0 Å². The molecule has 2 aromatic rings. The standard InChI is InChI=1S/C14H12ClNOS/c1-10(17)18-8-2-3-11-6-7-16-14-9-12(15)4-5-13(11)14/h2-7,9H,8H2,1H3. The molecule has 1 aromatic heterocycles. The predicted molar refractivity (Wildman–Crippen MR) is 78.9 cm³/mol. The van der Waals surface area contributed by atoms with Gasteiger partial charge in [0.1, 0.15) is 0 Å². The zero-order valence-electron chi connectivity index (χ0n) is 9.89. The third kappa shape index (κ3) is 3.34. The number of thioether (sulfide) groups is 1. The first-order valence-corrected chi connectivity index (χ1v) is 6.87.